The van der Waals surface area contributed by atoms with E-state index in [1.165, 1.54) is 18.6 Å². The van der Waals surface area contributed by atoms with Gasteiger partial charge in [0.05, 0.1) is 43.4 Å². The second-order valence-corrected chi connectivity index (χ2v) is 6.33. The third kappa shape index (κ3) is 3.27. The van der Waals surface area contributed by atoms with Gasteiger partial charge >= 0.3 is 0 Å². The van der Waals surface area contributed by atoms with E-state index in [0.29, 0.717) is 31.3 Å². The zero-order chi connectivity index (χ0) is 17.3. The molecule has 9 heteroatoms. The van der Waals surface area contributed by atoms with Gasteiger partial charge in [-0.3, -0.25) is 9.78 Å². The van der Waals surface area contributed by atoms with Crippen molar-refractivity contribution in [3.8, 4) is 0 Å². The third-order valence-electron chi connectivity index (χ3n) is 4.55. The van der Waals surface area contributed by atoms with Crippen molar-refractivity contribution in [2.24, 2.45) is 0 Å². The highest BCUT2D eigenvalue weighted by Crippen LogP contribution is 2.36. The molecule has 2 aliphatic rings. The highest BCUT2D eigenvalue weighted by atomic mass is 19.1. The van der Waals surface area contributed by atoms with Crippen molar-refractivity contribution in [3.63, 3.8) is 0 Å². The highest BCUT2D eigenvalue weighted by Gasteiger charge is 2.47. The van der Waals surface area contributed by atoms with Crippen LogP contribution in [0, 0.1) is 5.82 Å². The first kappa shape index (κ1) is 15.8. The molecule has 0 bridgehead atoms. The van der Waals surface area contributed by atoms with Crippen LogP contribution in [-0.4, -0.2) is 62.1 Å². The number of rotatable bonds is 3. The minimum Gasteiger partial charge on any atom is -0.371 e. The monoisotopic (exact) mass is 344 g/mol. The molecule has 2 aromatic heterocycles. The number of nitrogens with one attached hydrogen (secondary N) is 1. The van der Waals surface area contributed by atoms with E-state index in [-0.39, 0.29) is 17.6 Å². The van der Waals surface area contributed by atoms with Crippen LogP contribution < -0.4 is 5.32 Å². The minimum atomic E-state index is -0.473. The predicted octanol–water partition coefficient (Wildman–Crippen LogP) is 0.891. The maximum absolute atomic E-state index is 12.9. The third-order valence-corrected chi connectivity index (χ3v) is 4.55. The first-order chi connectivity index (χ1) is 12.1. The van der Waals surface area contributed by atoms with Crippen molar-refractivity contribution < 1.29 is 13.9 Å². The molecule has 2 aliphatic heterocycles. The van der Waals surface area contributed by atoms with Gasteiger partial charge in [-0.15, -0.1) is 0 Å². The summed E-state index contributed by atoms with van der Waals surface area (Å²) in [5, 5.41) is 3.16. The molecule has 25 heavy (non-hydrogen) atoms. The van der Waals surface area contributed by atoms with Crippen molar-refractivity contribution in [1.82, 2.24) is 24.8 Å². The van der Waals surface area contributed by atoms with Gasteiger partial charge in [0.2, 0.25) is 5.95 Å². The molecule has 2 aromatic rings. The summed E-state index contributed by atoms with van der Waals surface area (Å²) in [4.78, 5) is 30.1. The molecular weight excluding hydrogens is 327 g/mol. The van der Waals surface area contributed by atoms with Gasteiger partial charge in [0.15, 0.2) is 5.82 Å². The zero-order valence-corrected chi connectivity index (χ0v) is 13.4. The average molecular weight is 344 g/mol. The van der Waals surface area contributed by atoms with E-state index in [0.717, 1.165) is 25.2 Å². The average Bonchev–Trinajstić information content (AvgIpc) is 3.24. The molecule has 4 rings (SSSR count). The second kappa shape index (κ2) is 6.32. The van der Waals surface area contributed by atoms with Gasteiger partial charge in [0.1, 0.15) is 5.69 Å². The molecule has 1 spiro atoms. The van der Waals surface area contributed by atoms with Crippen LogP contribution in [0.5, 0.6) is 0 Å². The van der Waals surface area contributed by atoms with Gasteiger partial charge < -0.3 is 15.0 Å². The van der Waals surface area contributed by atoms with Gasteiger partial charge in [-0.05, 0) is 6.42 Å². The van der Waals surface area contributed by atoms with Crippen LogP contribution >= 0.6 is 0 Å². The number of nitrogens with zero attached hydrogens (tertiary/aromatic N) is 5. The lowest BCUT2D eigenvalue weighted by molar-refractivity contribution is 0.0124. The standard InChI is InChI=1S/C16H17FN6O2/c17-11-6-20-15(21-7-11)22-12-5-16(25-9-12)1-4-23(10-16)14(24)13-8-18-2-3-19-13/h2-3,6-8,12H,1,4-5,9-10H2,(H,20,21,22)/t12-,16+/m1/s1. The van der Waals surface area contributed by atoms with Gasteiger partial charge in [-0.25, -0.2) is 19.3 Å². The number of likely N-dealkylation sites (tertiary alicyclic amines) is 1. The number of carbonyl (C=O) groups is 1. The molecule has 2 atom stereocenters. The molecule has 2 saturated heterocycles. The molecule has 0 radical (unpaired) electrons. The van der Waals surface area contributed by atoms with E-state index < -0.39 is 5.82 Å². The van der Waals surface area contributed by atoms with Gasteiger partial charge in [-0.1, -0.05) is 0 Å². The quantitative estimate of drug-likeness (QED) is 0.884. The number of carbonyl (C=O) groups excluding carboxylic acids is 1. The molecule has 0 unspecified atom stereocenters. The SMILES string of the molecule is O=C(c1cnccn1)N1CC[C@]2(C[C@@H](Nc3ncc(F)cn3)CO2)C1. The summed E-state index contributed by atoms with van der Waals surface area (Å²) < 4.78 is 18.9. The van der Waals surface area contributed by atoms with E-state index in [1.807, 2.05) is 0 Å². The van der Waals surface area contributed by atoms with Crippen molar-refractivity contribution in [3.05, 3.63) is 42.5 Å². The molecule has 0 saturated carbocycles. The molecule has 1 N–H and O–H groups in total. The summed E-state index contributed by atoms with van der Waals surface area (Å²) in [6.45, 7) is 1.63. The van der Waals surface area contributed by atoms with Crippen molar-refractivity contribution in [2.75, 3.05) is 25.0 Å². The smallest absolute Gasteiger partial charge is 0.274 e. The Morgan fingerprint density at radius 3 is 2.88 bits per heavy atom. The Hall–Kier alpha value is -2.68. The maximum Gasteiger partial charge on any atom is 0.274 e. The molecular formula is C16H17FN6O2. The summed E-state index contributed by atoms with van der Waals surface area (Å²) in [5.41, 5.74) is -0.0258. The fourth-order valence-corrected chi connectivity index (χ4v) is 3.38. The van der Waals surface area contributed by atoms with Gasteiger partial charge in [0, 0.05) is 25.4 Å². The lowest BCUT2D eigenvalue weighted by Crippen LogP contribution is -2.36. The number of ether oxygens (including phenoxy) is 1. The summed E-state index contributed by atoms with van der Waals surface area (Å²) in [6.07, 6.45) is 8.26. The molecule has 0 aromatic carbocycles. The lowest BCUT2D eigenvalue weighted by atomic mass is 9.97. The number of halogens is 1. The van der Waals surface area contributed by atoms with Crippen LogP contribution in [0.25, 0.3) is 0 Å². The fraction of sp³-hybridized carbons (Fsp3) is 0.438. The number of aromatic nitrogens is 4. The molecule has 4 heterocycles. The number of amides is 1. The largest absolute Gasteiger partial charge is 0.371 e. The summed E-state index contributed by atoms with van der Waals surface area (Å²) in [6, 6.07) is 0.0250. The highest BCUT2D eigenvalue weighted by molar-refractivity contribution is 5.92. The summed E-state index contributed by atoms with van der Waals surface area (Å²) in [5.74, 6) is -0.233. The van der Waals surface area contributed by atoms with E-state index in [4.69, 9.17) is 4.74 Å². The minimum absolute atomic E-state index is 0.0250. The Morgan fingerprint density at radius 1 is 1.28 bits per heavy atom. The summed E-state index contributed by atoms with van der Waals surface area (Å²) >= 11 is 0. The molecule has 2 fully saturated rings. The van der Waals surface area contributed by atoms with Crippen LogP contribution in [0.3, 0.4) is 0 Å². The van der Waals surface area contributed by atoms with Gasteiger partial charge in [0.25, 0.3) is 5.91 Å². The Labute approximate surface area is 143 Å². The van der Waals surface area contributed by atoms with Crippen molar-refractivity contribution in [2.45, 2.75) is 24.5 Å². The molecule has 0 aliphatic carbocycles. The number of hydrogen-bond acceptors (Lipinski definition) is 7. The summed E-state index contributed by atoms with van der Waals surface area (Å²) in [7, 11) is 0. The first-order valence-electron chi connectivity index (χ1n) is 8.07. The first-order valence-corrected chi connectivity index (χ1v) is 8.07. The molecule has 8 nitrogen and oxygen atoms in total. The second-order valence-electron chi connectivity index (χ2n) is 6.33. The van der Waals surface area contributed by atoms with E-state index in [1.54, 1.807) is 4.90 Å². The van der Waals surface area contributed by atoms with E-state index >= 15 is 0 Å². The van der Waals surface area contributed by atoms with Crippen molar-refractivity contribution in [1.29, 1.82) is 0 Å². The normalized spacial score (nSPS) is 25.5. The van der Waals surface area contributed by atoms with Crippen LogP contribution in [0.1, 0.15) is 23.3 Å². The lowest BCUT2D eigenvalue weighted by Gasteiger charge is -2.23. The van der Waals surface area contributed by atoms with Gasteiger partial charge in [-0.2, -0.15) is 0 Å². The number of hydrogen-bond donors (Lipinski definition) is 1. The van der Waals surface area contributed by atoms with Crippen LogP contribution in [0.15, 0.2) is 31.0 Å². The topological polar surface area (TPSA) is 93.1 Å². The van der Waals surface area contributed by atoms with E-state index in [2.05, 4.69) is 25.3 Å². The van der Waals surface area contributed by atoms with Crippen LogP contribution in [-0.2, 0) is 4.74 Å². The van der Waals surface area contributed by atoms with Crippen LogP contribution in [0.2, 0.25) is 0 Å². The Balaban J connectivity index is 1.38. The number of anilines is 1. The zero-order valence-electron chi connectivity index (χ0n) is 13.4. The Morgan fingerprint density at radius 2 is 2.12 bits per heavy atom. The van der Waals surface area contributed by atoms with Crippen LogP contribution in [0.4, 0.5) is 10.3 Å². The fourth-order valence-electron chi connectivity index (χ4n) is 3.38. The Bertz CT molecular complexity index is 759. The predicted molar refractivity (Wildman–Crippen MR) is 85.3 cm³/mol. The van der Waals surface area contributed by atoms with E-state index in [9.17, 15) is 9.18 Å². The maximum atomic E-state index is 12.9. The Kier molecular flexibility index (Phi) is 4.00. The molecule has 1 amide bonds. The van der Waals surface area contributed by atoms with Crippen molar-refractivity contribution >= 4 is 11.9 Å². The molecule has 130 valence electrons.